The summed E-state index contributed by atoms with van der Waals surface area (Å²) in [5.41, 5.74) is 0.242. The summed E-state index contributed by atoms with van der Waals surface area (Å²) in [5.74, 6) is 1.73. The topological polar surface area (TPSA) is 66.2 Å². The molecule has 1 aliphatic carbocycles. The Balaban J connectivity index is 1.75. The Morgan fingerprint density at radius 1 is 1.35 bits per heavy atom. The van der Waals surface area contributed by atoms with Crippen molar-refractivity contribution >= 4 is 17.6 Å². The van der Waals surface area contributed by atoms with Gasteiger partial charge in [-0.25, -0.2) is 14.5 Å². The van der Waals surface area contributed by atoms with E-state index >= 15 is 0 Å². The third-order valence-electron chi connectivity index (χ3n) is 4.68. The fourth-order valence-corrected chi connectivity index (χ4v) is 3.11. The number of pyridine rings is 1. The Morgan fingerprint density at radius 2 is 2.12 bits per heavy atom. The molecule has 0 N–H and O–H groups in total. The van der Waals surface area contributed by atoms with E-state index in [1.807, 2.05) is 6.07 Å². The van der Waals surface area contributed by atoms with Crippen LogP contribution in [0.15, 0.2) is 24.4 Å². The summed E-state index contributed by atoms with van der Waals surface area (Å²) in [7, 11) is 0. The second kappa shape index (κ2) is 8.08. The van der Waals surface area contributed by atoms with Crippen molar-refractivity contribution in [1.29, 1.82) is 0 Å². The van der Waals surface area contributed by atoms with Crippen LogP contribution in [0.25, 0.3) is 5.82 Å². The molecule has 2 heterocycles. The van der Waals surface area contributed by atoms with Crippen molar-refractivity contribution in [1.82, 2.24) is 14.8 Å². The summed E-state index contributed by atoms with van der Waals surface area (Å²) in [6, 6.07) is 5.10. The largest absolute Gasteiger partial charge is 0.473 e. The van der Waals surface area contributed by atoms with Crippen molar-refractivity contribution in [3.63, 3.8) is 0 Å². The second-order valence-corrected chi connectivity index (χ2v) is 6.99. The van der Waals surface area contributed by atoms with Crippen LogP contribution in [0.5, 0.6) is 5.88 Å². The third kappa shape index (κ3) is 4.18. The maximum absolute atomic E-state index is 11.8. The van der Waals surface area contributed by atoms with E-state index in [1.54, 1.807) is 29.9 Å². The number of aromatic nitrogens is 3. The molecule has 2 aromatic heterocycles. The minimum Gasteiger partial charge on any atom is -0.473 e. The number of hydrogen-bond donors (Lipinski definition) is 0. The predicted octanol–water partition coefficient (Wildman–Crippen LogP) is 4.30. The number of esters is 1. The molecule has 0 spiro atoms. The Kier molecular flexibility index (Phi) is 5.81. The Bertz CT molecular complexity index is 773. The van der Waals surface area contributed by atoms with Gasteiger partial charge in [-0.3, -0.25) is 0 Å². The fourth-order valence-electron chi connectivity index (χ4n) is 2.88. The van der Waals surface area contributed by atoms with E-state index in [2.05, 4.69) is 23.9 Å². The number of nitrogens with zero attached hydrogens (tertiary/aromatic N) is 3. The molecule has 0 aromatic carbocycles. The zero-order valence-corrected chi connectivity index (χ0v) is 16.1. The van der Waals surface area contributed by atoms with E-state index in [1.165, 1.54) is 12.8 Å². The molecule has 7 heteroatoms. The molecule has 26 heavy (non-hydrogen) atoms. The lowest BCUT2D eigenvalue weighted by molar-refractivity contribution is 0.0526. The van der Waals surface area contributed by atoms with Crippen LogP contribution in [0.1, 0.15) is 50.4 Å². The van der Waals surface area contributed by atoms with E-state index in [0.717, 1.165) is 6.42 Å². The van der Waals surface area contributed by atoms with Gasteiger partial charge in [0, 0.05) is 12.3 Å². The van der Waals surface area contributed by atoms with Gasteiger partial charge in [0.05, 0.1) is 12.2 Å². The summed E-state index contributed by atoms with van der Waals surface area (Å²) in [5, 5.41) is 4.55. The van der Waals surface area contributed by atoms with Gasteiger partial charge in [-0.2, -0.15) is 0 Å². The highest BCUT2D eigenvalue weighted by molar-refractivity contribution is 6.32. The Hall–Kier alpha value is -2.08. The Morgan fingerprint density at radius 3 is 2.73 bits per heavy atom. The molecule has 0 saturated heterocycles. The second-order valence-electron chi connectivity index (χ2n) is 6.63. The third-order valence-corrected chi connectivity index (χ3v) is 4.97. The zero-order valence-electron chi connectivity index (χ0n) is 15.3. The number of carbonyl (C=O) groups excluding carboxylic acids is 1. The van der Waals surface area contributed by atoms with Crippen LogP contribution in [0.3, 0.4) is 0 Å². The molecule has 140 valence electrons. The lowest BCUT2D eigenvalue weighted by Crippen LogP contribution is -2.27. The molecule has 1 saturated carbocycles. The highest BCUT2D eigenvalue weighted by Crippen LogP contribution is 2.38. The van der Waals surface area contributed by atoms with Gasteiger partial charge in [-0.1, -0.05) is 31.9 Å². The van der Waals surface area contributed by atoms with E-state index in [9.17, 15) is 4.79 Å². The first kappa shape index (κ1) is 18.7. The van der Waals surface area contributed by atoms with Gasteiger partial charge in [-0.15, -0.1) is 5.10 Å². The SMILES string of the molecule is CCOC(=O)c1ccc(-n2ccc(OC(C(C)CC)C3CC3)n2)nc1Cl. The maximum atomic E-state index is 11.8. The quantitative estimate of drug-likeness (QED) is 0.506. The summed E-state index contributed by atoms with van der Waals surface area (Å²) < 4.78 is 12.7. The lowest BCUT2D eigenvalue weighted by Gasteiger charge is -2.22. The van der Waals surface area contributed by atoms with Gasteiger partial charge in [0.25, 0.3) is 0 Å². The van der Waals surface area contributed by atoms with E-state index in [4.69, 9.17) is 21.1 Å². The first-order valence-corrected chi connectivity index (χ1v) is 9.47. The van der Waals surface area contributed by atoms with Crippen LogP contribution in [0.4, 0.5) is 0 Å². The average molecular weight is 378 g/mol. The number of rotatable bonds is 8. The average Bonchev–Trinajstić information content (AvgIpc) is 3.36. The molecule has 6 nitrogen and oxygen atoms in total. The van der Waals surface area contributed by atoms with Crippen LogP contribution in [0.2, 0.25) is 5.15 Å². The van der Waals surface area contributed by atoms with E-state index in [-0.39, 0.29) is 23.4 Å². The molecule has 3 rings (SSSR count). The monoisotopic (exact) mass is 377 g/mol. The van der Waals surface area contributed by atoms with Gasteiger partial charge in [0.15, 0.2) is 5.82 Å². The van der Waals surface area contributed by atoms with Crippen LogP contribution in [-0.4, -0.2) is 33.4 Å². The van der Waals surface area contributed by atoms with Crippen LogP contribution in [0, 0.1) is 11.8 Å². The normalized spacial score (nSPS) is 16.2. The van der Waals surface area contributed by atoms with Crippen molar-refractivity contribution in [3.8, 4) is 11.7 Å². The summed E-state index contributed by atoms with van der Waals surface area (Å²) >= 11 is 6.13. The minimum atomic E-state index is -0.484. The first-order chi connectivity index (χ1) is 12.5. The van der Waals surface area contributed by atoms with Crippen molar-refractivity contribution < 1.29 is 14.3 Å². The Labute approximate surface area is 158 Å². The number of halogens is 1. The standard InChI is InChI=1S/C19H24ClN3O3/c1-4-12(3)17(13-6-7-13)26-16-10-11-23(22-16)15-9-8-14(18(20)21-15)19(24)25-5-2/h8-13,17H,4-7H2,1-3H3. The van der Waals surface area contributed by atoms with Gasteiger partial charge < -0.3 is 9.47 Å². The minimum absolute atomic E-state index is 0.0920. The van der Waals surface area contributed by atoms with Crippen molar-refractivity contribution in [3.05, 3.63) is 35.1 Å². The van der Waals surface area contributed by atoms with Crippen molar-refractivity contribution in [2.75, 3.05) is 6.61 Å². The number of hydrogen-bond acceptors (Lipinski definition) is 5. The molecule has 0 aliphatic heterocycles. The first-order valence-electron chi connectivity index (χ1n) is 9.09. The highest BCUT2D eigenvalue weighted by Gasteiger charge is 2.36. The van der Waals surface area contributed by atoms with E-state index < -0.39 is 5.97 Å². The van der Waals surface area contributed by atoms with Crippen molar-refractivity contribution in [2.45, 2.75) is 46.1 Å². The molecule has 0 radical (unpaired) electrons. The lowest BCUT2D eigenvalue weighted by atomic mass is 9.98. The number of ether oxygens (including phenoxy) is 2. The molecule has 1 fully saturated rings. The number of carbonyl (C=O) groups is 1. The van der Waals surface area contributed by atoms with E-state index in [0.29, 0.717) is 23.5 Å². The zero-order chi connectivity index (χ0) is 18.7. The molecule has 1 aliphatic rings. The van der Waals surface area contributed by atoms with Gasteiger partial charge in [-0.05, 0) is 43.7 Å². The summed E-state index contributed by atoms with van der Waals surface area (Å²) in [6.07, 6.45) is 5.50. The summed E-state index contributed by atoms with van der Waals surface area (Å²) in [4.78, 5) is 16.1. The summed E-state index contributed by atoms with van der Waals surface area (Å²) in [6.45, 7) is 6.43. The smallest absolute Gasteiger partial charge is 0.341 e. The maximum Gasteiger partial charge on any atom is 0.341 e. The van der Waals surface area contributed by atoms with Crippen LogP contribution < -0.4 is 4.74 Å². The molecular weight excluding hydrogens is 354 g/mol. The fraction of sp³-hybridized carbons (Fsp3) is 0.526. The molecule has 2 unspecified atom stereocenters. The predicted molar refractivity (Wildman–Crippen MR) is 98.9 cm³/mol. The van der Waals surface area contributed by atoms with Crippen LogP contribution in [-0.2, 0) is 4.74 Å². The van der Waals surface area contributed by atoms with Gasteiger partial charge in [0.2, 0.25) is 5.88 Å². The van der Waals surface area contributed by atoms with Crippen molar-refractivity contribution in [2.24, 2.45) is 11.8 Å². The molecule has 2 atom stereocenters. The van der Waals surface area contributed by atoms with Crippen LogP contribution >= 0.6 is 11.6 Å². The van der Waals surface area contributed by atoms with Gasteiger partial charge in [0.1, 0.15) is 11.3 Å². The molecular formula is C19H24ClN3O3. The molecule has 2 aromatic rings. The highest BCUT2D eigenvalue weighted by atomic mass is 35.5. The molecule has 0 amide bonds. The molecule has 0 bridgehead atoms. The van der Waals surface area contributed by atoms with Gasteiger partial charge >= 0.3 is 5.97 Å².